The minimum Gasteiger partial charge on any atom is -0.399 e. The predicted octanol–water partition coefficient (Wildman–Crippen LogP) is 2.88. The number of hydrogen-bond donors (Lipinski definition) is 1. The molecule has 0 aliphatic heterocycles. The van der Waals surface area contributed by atoms with Crippen molar-refractivity contribution in [2.24, 2.45) is 0 Å². The molecular weight excluding hydrogens is 222 g/mol. The highest BCUT2D eigenvalue weighted by atomic mass is 35.5. The van der Waals surface area contributed by atoms with Crippen molar-refractivity contribution in [3.8, 4) is 11.4 Å². The van der Waals surface area contributed by atoms with Gasteiger partial charge in [-0.2, -0.15) is 0 Å². The fourth-order valence-electron chi connectivity index (χ4n) is 1.50. The third kappa shape index (κ3) is 2.25. The summed E-state index contributed by atoms with van der Waals surface area (Å²) in [5.74, 6) is 0.912. The van der Waals surface area contributed by atoms with E-state index in [4.69, 9.17) is 17.3 Å². The van der Waals surface area contributed by atoms with Crippen LogP contribution in [0.1, 0.15) is 0 Å². The Labute approximate surface area is 99.2 Å². The van der Waals surface area contributed by atoms with E-state index in [0.29, 0.717) is 6.54 Å². The second-order valence-electron chi connectivity index (χ2n) is 3.39. The van der Waals surface area contributed by atoms with Gasteiger partial charge in [0, 0.05) is 35.7 Å². The highest BCUT2D eigenvalue weighted by Crippen LogP contribution is 2.18. The van der Waals surface area contributed by atoms with E-state index >= 15 is 0 Å². The molecule has 2 aromatic rings. The minimum absolute atomic E-state index is 0.712. The van der Waals surface area contributed by atoms with Crippen molar-refractivity contribution in [1.82, 2.24) is 9.55 Å². The van der Waals surface area contributed by atoms with Crippen molar-refractivity contribution in [2.75, 3.05) is 5.73 Å². The fraction of sp³-hybridized carbons (Fsp3) is 0.0833. The first-order chi connectivity index (χ1) is 7.81. The standard InChI is InChI=1S/C12H12ClN3/c13-6-1-8-16-9-7-15-12(16)10-2-4-11(14)5-3-10/h1-7,9H,8,14H2/b6-1+. The fourth-order valence-corrected chi connectivity index (χ4v) is 1.58. The molecule has 0 atom stereocenters. The molecular formula is C12H12ClN3. The van der Waals surface area contributed by atoms with Gasteiger partial charge in [0.15, 0.2) is 0 Å². The highest BCUT2D eigenvalue weighted by molar-refractivity contribution is 6.25. The molecule has 0 unspecified atom stereocenters. The molecule has 0 saturated carbocycles. The van der Waals surface area contributed by atoms with E-state index in [1.807, 2.05) is 41.1 Å². The van der Waals surface area contributed by atoms with Crippen LogP contribution >= 0.6 is 11.6 Å². The average molecular weight is 234 g/mol. The zero-order chi connectivity index (χ0) is 11.4. The lowest BCUT2D eigenvalue weighted by Gasteiger charge is -2.05. The number of anilines is 1. The summed E-state index contributed by atoms with van der Waals surface area (Å²) in [4.78, 5) is 4.31. The molecule has 0 fully saturated rings. The topological polar surface area (TPSA) is 43.8 Å². The van der Waals surface area contributed by atoms with E-state index in [1.54, 1.807) is 6.20 Å². The molecule has 0 bridgehead atoms. The monoisotopic (exact) mass is 233 g/mol. The van der Waals surface area contributed by atoms with E-state index < -0.39 is 0 Å². The van der Waals surface area contributed by atoms with Gasteiger partial charge in [-0.3, -0.25) is 0 Å². The summed E-state index contributed by atoms with van der Waals surface area (Å²) in [5, 5.41) is 0. The number of allylic oxidation sites excluding steroid dienone is 1. The molecule has 0 spiro atoms. The number of hydrogen-bond acceptors (Lipinski definition) is 2. The van der Waals surface area contributed by atoms with Crippen LogP contribution in [0.15, 0.2) is 48.3 Å². The van der Waals surface area contributed by atoms with E-state index in [1.165, 1.54) is 5.54 Å². The Morgan fingerprint density at radius 2 is 2.06 bits per heavy atom. The van der Waals surface area contributed by atoms with Gasteiger partial charge in [-0.25, -0.2) is 4.98 Å². The molecule has 1 heterocycles. The summed E-state index contributed by atoms with van der Waals surface area (Å²) >= 11 is 5.51. The number of nitrogens with zero attached hydrogens (tertiary/aromatic N) is 2. The predicted molar refractivity (Wildman–Crippen MR) is 67.1 cm³/mol. The van der Waals surface area contributed by atoms with Gasteiger partial charge in [0.2, 0.25) is 0 Å². The third-order valence-corrected chi connectivity index (χ3v) is 2.45. The number of halogens is 1. The van der Waals surface area contributed by atoms with Crippen LogP contribution < -0.4 is 5.73 Å². The normalized spacial score (nSPS) is 11.1. The molecule has 16 heavy (non-hydrogen) atoms. The zero-order valence-corrected chi connectivity index (χ0v) is 9.43. The molecule has 4 heteroatoms. The van der Waals surface area contributed by atoms with Crippen molar-refractivity contribution in [2.45, 2.75) is 6.54 Å². The van der Waals surface area contributed by atoms with Crippen molar-refractivity contribution in [3.05, 3.63) is 48.3 Å². The first-order valence-electron chi connectivity index (χ1n) is 4.93. The number of rotatable bonds is 3. The smallest absolute Gasteiger partial charge is 0.140 e. The lowest BCUT2D eigenvalue weighted by molar-refractivity contribution is 0.831. The van der Waals surface area contributed by atoms with E-state index in [2.05, 4.69) is 4.98 Å². The number of aromatic nitrogens is 2. The summed E-state index contributed by atoms with van der Waals surface area (Å²) in [5.41, 5.74) is 8.95. The van der Waals surface area contributed by atoms with Crippen molar-refractivity contribution in [3.63, 3.8) is 0 Å². The largest absolute Gasteiger partial charge is 0.399 e. The van der Waals surface area contributed by atoms with Crippen LogP contribution in [0.2, 0.25) is 0 Å². The van der Waals surface area contributed by atoms with Gasteiger partial charge < -0.3 is 10.3 Å². The lowest BCUT2D eigenvalue weighted by atomic mass is 10.2. The Bertz CT molecular complexity index is 485. The molecule has 82 valence electrons. The van der Waals surface area contributed by atoms with Gasteiger partial charge in [0.25, 0.3) is 0 Å². The summed E-state index contributed by atoms with van der Waals surface area (Å²) in [7, 11) is 0. The van der Waals surface area contributed by atoms with Crippen LogP contribution in [-0.4, -0.2) is 9.55 Å². The summed E-state index contributed by atoms with van der Waals surface area (Å²) in [6, 6.07) is 7.65. The van der Waals surface area contributed by atoms with E-state index in [-0.39, 0.29) is 0 Å². The van der Waals surface area contributed by atoms with Crippen LogP contribution in [0, 0.1) is 0 Å². The molecule has 3 nitrogen and oxygen atoms in total. The number of nitrogen functional groups attached to an aromatic ring is 1. The number of nitrogens with two attached hydrogens (primary N) is 1. The van der Waals surface area contributed by atoms with Crippen LogP contribution in [0.5, 0.6) is 0 Å². The molecule has 1 aromatic heterocycles. The SMILES string of the molecule is Nc1ccc(-c2nccn2C/C=C/Cl)cc1. The van der Waals surface area contributed by atoms with Crippen molar-refractivity contribution in [1.29, 1.82) is 0 Å². The minimum atomic E-state index is 0.712. The Kier molecular flexibility index (Phi) is 3.27. The average Bonchev–Trinajstić information content (AvgIpc) is 2.75. The van der Waals surface area contributed by atoms with Gasteiger partial charge in [-0.15, -0.1) is 0 Å². The van der Waals surface area contributed by atoms with Crippen LogP contribution in [-0.2, 0) is 6.54 Å². The van der Waals surface area contributed by atoms with Gasteiger partial charge in [0.1, 0.15) is 5.82 Å². The summed E-state index contributed by atoms with van der Waals surface area (Å²) < 4.78 is 2.02. The van der Waals surface area contributed by atoms with Crippen LogP contribution in [0.4, 0.5) is 5.69 Å². The van der Waals surface area contributed by atoms with Gasteiger partial charge in [0.05, 0.1) is 0 Å². The first-order valence-corrected chi connectivity index (χ1v) is 5.37. The first kappa shape index (κ1) is 10.8. The molecule has 0 saturated heterocycles. The Morgan fingerprint density at radius 1 is 1.31 bits per heavy atom. The number of imidazole rings is 1. The quantitative estimate of drug-likeness (QED) is 0.829. The molecule has 0 amide bonds. The molecule has 1 aromatic carbocycles. The summed E-state index contributed by atoms with van der Waals surface area (Å²) in [6.07, 6.45) is 5.56. The molecule has 0 aliphatic rings. The molecule has 2 N–H and O–H groups in total. The Balaban J connectivity index is 2.33. The van der Waals surface area contributed by atoms with Gasteiger partial charge >= 0.3 is 0 Å². The van der Waals surface area contributed by atoms with E-state index in [9.17, 15) is 0 Å². The van der Waals surface area contributed by atoms with Crippen molar-refractivity contribution < 1.29 is 0 Å². The Morgan fingerprint density at radius 3 is 2.75 bits per heavy atom. The highest BCUT2D eigenvalue weighted by Gasteiger charge is 2.03. The summed E-state index contributed by atoms with van der Waals surface area (Å²) in [6.45, 7) is 0.712. The lowest BCUT2D eigenvalue weighted by Crippen LogP contribution is -1.97. The van der Waals surface area contributed by atoms with E-state index in [0.717, 1.165) is 17.1 Å². The third-order valence-electron chi connectivity index (χ3n) is 2.28. The molecule has 0 aliphatic carbocycles. The second kappa shape index (κ2) is 4.86. The van der Waals surface area contributed by atoms with Gasteiger partial charge in [-0.05, 0) is 24.3 Å². The Hall–Kier alpha value is -1.74. The maximum Gasteiger partial charge on any atom is 0.140 e. The van der Waals surface area contributed by atoms with Crippen molar-refractivity contribution >= 4 is 17.3 Å². The zero-order valence-electron chi connectivity index (χ0n) is 8.68. The maximum atomic E-state index is 5.64. The van der Waals surface area contributed by atoms with Crippen LogP contribution in [0.25, 0.3) is 11.4 Å². The maximum absolute atomic E-state index is 5.64. The van der Waals surface area contributed by atoms with Crippen LogP contribution in [0.3, 0.4) is 0 Å². The number of benzene rings is 1. The second-order valence-corrected chi connectivity index (χ2v) is 3.64. The van der Waals surface area contributed by atoms with Gasteiger partial charge in [-0.1, -0.05) is 17.7 Å². The molecule has 0 radical (unpaired) electrons. The molecule has 2 rings (SSSR count).